The van der Waals surface area contributed by atoms with Crippen LogP contribution in [-0.2, 0) is 0 Å². The highest BCUT2D eigenvalue weighted by atomic mass is 14.9. The van der Waals surface area contributed by atoms with Gasteiger partial charge in [-0.3, -0.25) is 0 Å². The van der Waals surface area contributed by atoms with Crippen molar-refractivity contribution in [2.24, 2.45) is 5.73 Å². The third-order valence-corrected chi connectivity index (χ3v) is 3.16. The van der Waals surface area contributed by atoms with Crippen molar-refractivity contribution < 1.29 is 0 Å². The quantitative estimate of drug-likeness (QED) is 0.745. The maximum atomic E-state index is 5.88. The van der Waals surface area contributed by atoms with E-state index in [-0.39, 0.29) is 5.92 Å². The number of hydrogen-bond acceptors (Lipinski definition) is 4. The Bertz CT molecular complexity index is 689. The summed E-state index contributed by atoms with van der Waals surface area (Å²) in [4.78, 5) is 16.2. The summed E-state index contributed by atoms with van der Waals surface area (Å²) < 4.78 is 0. The van der Waals surface area contributed by atoms with Crippen LogP contribution in [0.2, 0.25) is 0 Å². The van der Waals surface area contributed by atoms with Crippen LogP contribution >= 0.6 is 0 Å². The van der Waals surface area contributed by atoms with Crippen LogP contribution in [0.4, 0.5) is 0 Å². The Kier molecular flexibility index (Phi) is 2.97. The molecule has 0 saturated heterocycles. The van der Waals surface area contributed by atoms with Crippen LogP contribution in [0, 0.1) is 6.92 Å². The lowest BCUT2D eigenvalue weighted by Crippen LogP contribution is -2.16. The van der Waals surface area contributed by atoms with Gasteiger partial charge >= 0.3 is 0 Å². The Morgan fingerprint density at radius 3 is 2.79 bits per heavy atom. The number of benzene rings is 1. The minimum atomic E-state index is 0.00852. The van der Waals surface area contributed by atoms with Gasteiger partial charge in [-0.2, -0.15) is 0 Å². The molecule has 0 fully saturated rings. The van der Waals surface area contributed by atoms with E-state index in [1.54, 1.807) is 18.5 Å². The van der Waals surface area contributed by atoms with Gasteiger partial charge in [0.15, 0.2) is 0 Å². The highest BCUT2D eigenvalue weighted by Gasteiger charge is 2.15. The van der Waals surface area contributed by atoms with E-state index in [1.165, 1.54) is 0 Å². The number of aryl methyl sites for hydroxylation is 1. The number of fused-ring (bicyclic) bond motifs is 1. The molecule has 19 heavy (non-hydrogen) atoms. The molecule has 1 unspecified atom stereocenters. The van der Waals surface area contributed by atoms with Crippen molar-refractivity contribution >= 4 is 11.0 Å². The molecule has 0 amide bonds. The van der Waals surface area contributed by atoms with Crippen molar-refractivity contribution in [1.29, 1.82) is 0 Å². The van der Waals surface area contributed by atoms with E-state index in [1.807, 2.05) is 19.1 Å². The van der Waals surface area contributed by atoms with Crippen LogP contribution in [0.15, 0.2) is 36.7 Å². The number of H-pyrrole nitrogens is 1. The average Bonchev–Trinajstić information content (AvgIpc) is 2.80. The number of hydrogen-bond donors (Lipinski definition) is 2. The summed E-state index contributed by atoms with van der Waals surface area (Å²) in [5.74, 6) is 1.67. The third kappa shape index (κ3) is 2.20. The second kappa shape index (κ2) is 4.78. The van der Waals surface area contributed by atoms with Crippen LogP contribution < -0.4 is 5.73 Å². The monoisotopic (exact) mass is 253 g/mol. The first kappa shape index (κ1) is 11.8. The van der Waals surface area contributed by atoms with Crippen LogP contribution in [-0.4, -0.2) is 26.5 Å². The number of nitrogens with two attached hydrogens (primary N) is 1. The van der Waals surface area contributed by atoms with Gasteiger partial charge in [0.25, 0.3) is 0 Å². The predicted octanol–water partition coefficient (Wildman–Crippen LogP) is 1.75. The maximum absolute atomic E-state index is 5.88. The number of rotatable bonds is 3. The molecule has 3 rings (SSSR count). The van der Waals surface area contributed by atoms with Gasteiger partial charge in [-0.05, 0) is 30.7 Å². The summed E-state index contributed by atoms with van der Waals surface area (Å²) in [6, 6.07) is 7.91. The predicted molar refractivity (Wildman–Crippen MR) is 73.8 cm³/mol. The Morgan fingerprint density at radius 2 is 2.05 bits per heavy atom. The molecule has 96 valence electrons. The Morgan fingerprint density at radius 1 is 1.26 bits per heavy atom. The number of aromatic amines is 1. The van der Waals surface area contributed by atoms with Gasteiger partial charge in [0, 0.05) is 18.9 Å². The lowest BCUT2D eigenvalue weighted by Gasteiger charge is -2.13. The zero-order valence-corrected chi connectivity index (χ0v) is 10.7. The van der Waals surface area contributed by atoms with E-state index in [2.05, 4.69) is 26.0 Å². The molecular weight excluding hydrogens is 238 g/mol. The molecule has 3 N–H and O–H groups in total. The molecule has 0 saturated carbocycles. The fourth-order valence-electron chi connectivity index (χ4n) is 2.25. The third-order valence-electron chi connectivity index (χ3n) is 3.16. The summed E-state index contributed by atoms with van der Waals surface area (Å²) >= 11 is 0. The summed E-state index contributed by atoms with van der Waals surface area (Å²) in [5.41, 5.74) is 8.96. The van der Waals surface area contributed by atoms with E-state index in [4.69, 9.17) is 5.73 Å². The molecule has 2 aromatic heterocycles. The van der Waals surface area contributed by atoms with Crippen LogP contribution in [0.5, 0.6) is 0 Å². The van der Waals surface area contributed by atoms with E-state index in [0.29, 0.717) is 6.54 Å². The number of nitrogens with zero attached hydrogens (tertiary/aromatic N) is 3. The fourth-order valence-corrected chi connectivity index (χ4v) is 2.25. The maximum Gasteiger partial charge on any atom is 0.136 e. The number of aromatic nitrogens is 4. The van der Waals surface area contributed by atoms with Gasteiger partial charge < -0.3 is 10.7 Å². The van der Waals surface area contributed by atoms with E-state index in [9.17, 15) is 0 Å². The van der Waals surface area contributed by atoms with Crippen molar-refractivity contribution in [2.75, 3.05) is 6.54 Å². The molecule has 1 aromatic carbocycles. The van der Waals surface area contributed by atoms with Crippen LogP contribution in [0.25, 0.3) is 11.0 Å². The van der Waals surface area contributed by atoms with Crippen LogP contribution in [0.3, 0.4) is 0 Å². The zero-order chi connectivity index (χ0) is 13.2. The van der Waals surface area contributed by atoms with E-state index >= 15 is 0 Å². The van der Waals surface area contributed by atoms with Crippen molar-refractivity contribution in [3.05, 3.63) is 53.9 Å². The molecule has 0 spiro atoms. The Hall–Kier alpha value is -2.27. The first-order chi connectivity index (χ1) is 9.28. The smallest absolute Gasteiger partial charge is 0.136 e. The van der Waals surface area contributed by atoms with Crippen molar-refractivity contribution in [1.82, 2.24) is 19.9 Å². The van der Waals surface area contributed by atoms with Gasteiger partial charge in [0.2, 0.25) is 0 Å². The summed E-state index contributed by atoms with van der Waals surface area (Å²) in [6.07, 6.45) is 3.48. The highest BCUT2D eigenvalue weighted by Crippen LogP contribution is 2.23. The number of nitrogens with one attached hydrogen (secondary N) is 1. The Labute approximate surface area is 110 Å². The van der Waals surface area contributed by atoms with E-state index in [0.717, 1.165) is 28.2 Å². The lowest BCUT2D eigenvalue weighted by molar-refractivity contribution is 0.750. The average molecular weight is 253 g/mol. The van der Waals surface area contributed by atoms with Crippen molar-refractivity contribution in [3.8, 4) is 0 Å². The van der Waals surface area contributed by atoms with Crippen molar-refractivity contribution in [2.45, 2.75) is 12.8 Å². The SMILES string of the molecule is Cc1nc2ccc(C(CN)c3ncccn3)cc2[nH]1. The van der Waals surface area contributed by atoms with Gasteiger partial charge in [-0.25, -0.2) is 15.0 Å². The van der Waals surface area contributed by atoms with Gasteiger partial charge in [0.1, 0.15) is 11.6 Å². The van der Waals surface area contributed by atoms with Gasteiger partial charge in [-0.15, -0.1) is 0 Å². The largest absolute Gasteiger partial charge is 0.342 e. The molecule has 5 nitrogen and oxygen atoms in total. The second-order valence-corrected chi connectivity index (χ2v) is 4.49. The summed E-state index contributed by atoms with van der Waals surface area (Å²) in [5, 5.41) is 0. The van der Waals surface area contributed by atoms with Gasteiger partial charge in [0.05, 0.1) is 17.0 Å². The fraction of sp³-hybridized carbons (Fsp3) is 0.214. The second-order valence-electron chi connectivity index (χ2n) is 4.49. The molecular formula is C14H15N5. The molecule has 0 aliphatic carbocycles. The molecule has 0 aliphatic heterocycles. The van der Waals surface area contributed by atoms with Crippen LogP contribution in [0.1, 0.15) is 23.1 Å². The van der Waals surface area contributed by atoms with Gasteiger partial charge in [-0.1, -0.05) is 6.07 Å². The lowest BCUT2D eigenvalue weighted by atomic mass is 9.98. The molecule has 1 atom stereocenters. The molecule has 0 bridgehead atoms. The van der Waals surface area contributed by atoms with Crippen molar-refractivity contribution in [3.63, 3.8) is 0 Å². The number of imidazole rings is 1. The zero-order valence-electron chi connectivity index (χ0n) is 10.7. The highest BCUT2D eigenvalue weighted by molar-refractivity contribution is 5.76. The standard InChI is InChI=1S/C14H15N5/c1-9-18-12-4-3-10(7-13(12)19-9)11(8-15)14-16-5-2-6-17-14/h2-7,11H,8,15H2,1H3,(H,18,19). The summed E-state index contributed by atoms with van der Waals surface area (Å²) in [7, 11) is 0. The summed E-state index contributed by atoms with van der Waals surface area (Å²) in [6.45, 7) is 2.42. The molecule has 0 aliphatic rings. The molecule has 0 radical (unpaired) electrons. The molecule has 2 heterocycles. The topological polar surface area (TPSA) is 80.5 Å². The Balaban J connectivity index is 2.06. The first-order valence-corrected chi connectivity index (χ1v) is 6.21. The minimum Gasteiger partial charge on any atom is -0.342 e. The molecule has 5 heteroatoms. The van der Waals surface area contributed by atoms with E-state index < -0.39 is 0 Å². The minimum absolute atomic E-state index is 0.00852. The first-order valence-electron chi connectivity index (χ1n) is 6.21. The normalized spacial score (nSPS) is 12.7. The molecule has 3 aromatic rings.